The Bertz CT molecular complexity index is 819. The maximum atomic E-state index is 12.2. The smallest absolute Gasteiger partial charge is 0.303 e. The highest BCUT2D eigenvalue weighted by Gasteiger charge is 2.33. The number of aromatic nitrogens is 2. The van der Waals surface area contributed by atoms with Crippen molar-refractivity contribution in [3.8, 4) is 5.75 Å². The second-order valence-electron chi connectivity index (χ2n) is 6.92. The van der Waals surface area contributed by atoms with Crippen LogP contribution in [0.4, 0.5) is 0 Å². The van der Waals surface area contributed by atoms with E-state index in [1.54, 1.807) is 12.0 Å². The van der Waals surface area contributed by atoms with Crippen molar-refractivity contribution in [2.24, 2.45) is 11.8 Å². The normalized spacial score (nSPS) is 20.0. The monoisotopic (exact) mass is 375 g/mol. The maximum Gasteiger partial charge on any atom is 0.303 e. The van der Waals surface area contributed by atoms with Crippen LogP contribution in [0.2, 0.25) is 0 Å². The van der Waals surface area contributed by atoms with Gasteiger partial charge in [-0.15, -0.1) is 0 Å². The number of piperidine rings is 1. The Balaban J connectivity index is 1.81. The number of benzene rings is 1. The molecule has 1 aromatic carbocycles. The number of carboxylic acid groups (broad SMARTS) is 1. The third kappa shape index (κ3) is 4.39. The Hall–Kier alpha value is -2.61. The van der Waals surface area contributed by atoms with Gasteiger partial charge in [0.1, 0.15) is 23.7 Å². The number of ether oxygens (including phenoxy) is 2. The van der Waals surface area contributed by atoms with Crippen LogP contribution in [-0.4, -0.2) is 65.8 Å². The number of carboxylic acids is 1. The molecule has 1 fully saturated rings. The second kappa shape index (κ2) is 8.39. The van der Waals surface area contributed by atoms with Gasteiger partial charge in [0.25, 0.3) is 0 Å². The number of imidazole rings is 1. The Morgan fingerprint density at radius 1 is 1.33 bits per heavy atom. The van der Waals surface area contributed by atoms with Crippen LogP contribution in [0.3, 0.4) is 0 Å². The third-order valence-electron chi connectivity index (χ3n) is 5.15. The molecule has 2 unspecified atom stereocenters. The molecule has 8 nitrogen and oxygen atoms in total. The van der Waals surface area contributed by atoms with Crippen LogP contribution in [0.15, 0.2) is 18.2 Å². The van der Waals surface area contributed by atoms with E-state index >= 15 is 0 Å². The molecular weight excluding hydrogens is 350 g/mol. The molecule has 1 aliphatic rings. The van der Waals surface area contributed by atoms with E-state index in [-0.39, 0.29) is 30.8 Å². The van der Waals surface area contributed by atoms with Crippen molar-refractivity contribution < 1.29 is 24.2 Å². The quantitative estimate of drug-likeness (QED) is 0.763. The minimum atomic E-state index is -0.812. The molecule has 27 heavy (non-hydrogen) atoms. The predicted molar refractivity (Wildman–Crippen MR) is 98.7 cm³/mol. The van der Waals surface area contributed by atoms with Crippen LogP contribution >= 0.6 is 0 Å². The van der Waals surface area contributed by atoms with Crippen LogP contribution in [0, 0.1) is 11.8 Å². The number of nitrogens with zero attached hydrogens (tertiary/aromatic N) is 2. The van der Waals surface area contributed by atoms with E-state index in [1.807, 2.05) is 18.2 Å². The van der Waals surface area contributed by atoms with E-state index in [0.29, 0.717) is 31.7 Å². The van der Waals surface area contributed by atoms with Crippen molar-refractivity contribution >= 4 is 22.9 Å². The molecule has 1 aliphatic heterocycles. The standard InChI is InChI=1S/C19H25N3O5/c1-26-11-17(23)22-7-6-12(9-18(24)25)13(10-22)8-16-20-14-4-3-5-15(27-2)19(14)21-16/h3-5,12-13H,6-11H2,1-2H3,(H,20,21)(H,24,25). The zero-order chi connectivity index (χ0) is 19.4. The number of methoxy groups -OCH3 is 2. The summed E-state index contributed by atoms with van der Waals surface area (Å²) in [6, 6.07) is 5.67. The molecule has 1 aromatic heterocycles. The number of hydrogen-bond acceptors (Lipinski definition) is 5. The van der Waals surface area contributed by atoms with E-state index in [2.05, 4.69) is 9.97 Å². The van der Waals surface area contributed by atoms with E-state index < -0.39 is 5.97 Å². The van der Waals surface area contributed by atoms with Gasteiger partial charge in [-0.2, -0.15) is 0 Å². The number of amides is 1. The number of carbonyl (C=O) groups excluding carboxylic acids is 1. The van der Waals surface area contributed by atoms with Crippen LogP contribution in [0.5, 0.6) is 5.75 Å². The Morgan fingerprint density at radius 3 is 2.85 bits per heavy atom. The van der Waals surface area contributed by atoms with Crippen LogP contribution < -0.4 is 4.74 Å². The van der Waals surface area contributed by atoms with Gasteiger partial charge in [0.2, 0.25) is 5.91 Å². The molecule has 1 saturated heterocycles. The topological polar surface area (TPSA) is 105 Å². The van der Waals surface area contributed by atoms with Gasteiger partial charge in [0, 0.05) is 33.0 Å². The summed E-state index contributed by atoms with van der Waals surface area (Å²) in [6.45, 7) is 1.11. The van der Waals surface area contributed by atoms with Crippen molar-refractivity contribution in [3.05, 3.63) is 24.0 Å². The second-order valence-corrected chi connectivity index (χ2v) is 6.92. The molecule has 0 saturated carbocycles. The molecule has 2 N–H and O–H groups in total. The van der Waals surface area contributed by atoms with Gasteiger partial charge >= 0.3 is 5.97 Å². The van der Waals surface area contributed by atoms with Crippen LogP contribution in [0.25, 0.3) is 11.0 Å². The highest BCUT2D eigenvalue weighted by atomic mass is 16.5. The summed E-state index contributed by atoms with van der Waals surface area (Å²) in [7, 11) is 3.10. The number of rotatable bonds is 7. The average Bonchev–Trinajstić information content (AvgIpc) is 3.05. The molecule has 3 rings (SSSR count). The summed E-state index contributed by atoms with van der Waals surface area (Å²) in [5.74, 6) is 0.607. The average molecular weight is 375 g/mol. The van der Waals surface area contributed by atoms with Crippen molar-refractivity contribution in [1.82, 2.24) is 14.9 Å². The summed E-state index contributed by atoms with van der Waals surface area (Å²) < 4.78 is 10.3. The fourth-order valence-electron chi connectivity index (χ4n) is 3.81. The van der Waals surface area contributed by atoms with Crippen molar-refractivity contribution in [2.45, 2.75) is 19.3 Å². The molecule has 2 atom stereocenters. The molecular formula is C19H25N3O5. The van der Waals surface area contributed by atoms with Gasteiger partial charge < -0.3 is 24.5 Å². The predicted octanol–water partition coefficient (Wildman–Crippen LogP) is 1.70. The number of H-pyrrole nitrogens is 1. The van der Waals surface area contributed by atoms with E-state index in [1.165, 1.54) is 7.11 Å². The molecule has 1 amide bonds. The van der Waals surface area contributed by atoms with Gasteiger partial charge in [-0.1, -0.05) is 6.07 Å². The number of nitrogens with one attached hydrogen (secondary N) is 1. The van der Waals surface area contributed by atoms with E-state index in [0.717, 1.165) is 16.9 Å². The summed E-state index contributed by atoms with van der Waals surface area (Å²) in [5, 5.41) is 9.25. The molecule has 0 radical (unpaired) electrons. The van der Waals surface area contributed by atoms with E-state index in [9.17, 15) is 14.7 Å². The number of para-hydroxylation sites is 1. The lowest BCUT2D eigenvalue weighted by atomic mass is 9.81. The van der Waals surface area contributed by atoms with Gasteiger partial charge in [-0.25, -0.2) is 4.98 Å². The molecule has 0 spiro atoms. The Morgan fingerprint density at radius 2 is 2.15 bits per heavy atom. The molecule has 0 aliphatic carbocycles. The summed E-state index contributed by atoms with van der Waals surface area (Å²) in [6.07, 6.45) is 1.34. The molecule has 146 valence electrons. The highest BCUT2D eigenvalue weighted by molar-refractivity contribution is 5.81. The van der Waals surface area contributed by atoms with Crippen molar-refractivity contribution in [1.29, 1.82) is 0 Å². The number of likely N-dealkylation sites (tertiary alicyclic amines) is 1. The minimum Gasteiger partial charge on any atom is -0.494 e. The zero-order valence-corrected chi connectivity index (χ0v) is 15.6. The highest BCUT2D eigenvalue weighted by Crippen LogP contribution is 2.31. The molecule has 0 bridgehead atoms. The zero-order valence-electron chi connectivity index (χ0n) is 15.6. The fraction of sp³-hybridized carbons (Fsp3) is 0.526. The van der Waals surface area contributed by atoms with Crippen LogP contribution in [-0.2, 0) is 20.7 Å². The summed E-state index contributed by atoms with van der Waals surface area (Å²) in [5.41, 5.74) is 1.63. The van der Waals surface area contributed by atoms with Gasteiger partial charge in [0.15, 0.2) is 0 Å². The van der Waals surface area contributed by atoms with Crippen molar-refractivity contribution in [3.63, 3.8) is 0 Å². The molecule has 8 heteroatoms. The van der Waals surface area contributed by atoms with Gasteiger partial charge in [-0.05, 0) is 30.4 Å². The molecule has 2 aromatic rings. The number of carbonyl (C=O) groups is 2. The summed E-state index contributed by atoms with van der Waals surface area (Å²) >= 11 is 0. The van der Waals surface area contributed by atoms with Gasteiger partial charge in [-0.3, -0.25) is 9.59 Å². The SMILES string of the molecule is COCC(=O)N1CCC(CC(=O)O)C(Cc2nc3c(OC)cccc3[nH]2)C1. The largest absolute Gasteiger partial charge is 0.494 e. The Kier molecular flexibility index (Phi) is 5.95. The van der Waals surface area contributed by atoms with E-state index in [4.69, 9.17) is 9.47 Å². The maximum absolute atomic E-state index is 12.2. The summed E-state index contributed by atoms with van der Waals surface area (Å²) in [4.78, 5) is 33.2. The van der Waals surface area contributed by atoms with Gasteiger partial charge in [0.05, 0.1) is 12.6 Å². The van der Waals surface area contributed by atoms with Crippen LogP contribution in [0.1, 0.15) is 18.7 Å². The Labute approximate surface area is 157 Å². The molecule has 2 heterocycles. The number of hydrogen-bond donors (Lipinski definition) is 2. The lowest BCUT2D eigenvalue weighted by Crippen LogP contribution is -2.46. The first kappa shape index (κ1) is 19.2. The minimum absolute atomic E-state index is 0.00389. The lowest BCUT2D eigenvalue weighted by Gasteiger charge is -2.37. The van der Waals surface area contributed by atoms with Crippen molar-refractivity contribution in [2.75, 3.05) is 33.9 Å². The lowest BCUT2D eigenvalue weighted by molar-refractivity contribution is -0.141. The first-order valence-electron chi connectivity index (χ1n) is 9.02. The first-order valence-corrected chi connectivity index (χ1v) is 9.02. The fourth-order valence-corrected chi connectivity index (χ4v) is 3.81. The third-order valence-corrected chi connectivity index (χ3v) is 5.15. The number of fused-ring (bicyclic) bond motifs is 1. The first-order chi connectivity index (χ1) is 13.0. The number of aliphatic carboxylic acids is 1. The number of aromatic amines is 1.